The summed E-state index contributed by atoms with van der Waals surface area (Å²) in [6.07, 6.45) is 8.46. The van der Waals surface area contributed by atoms with Crippen LogP contribution in [-0.2, 0) is 9.59 Å². The zero-order valence-corrected chi connectivity index (χ0v) is 21.3. The Kier molecular flexibility index (Phi) is 6.36. The monoisotopic (exact) mass is 505 g/mol. The average molecular weight is 506 g/mol. The molecule has 37 heavy (non-hydrogen) atoms. The van der Waals surface area contributed by atoms with Crippen molar-refractivity contribution in [3.05, 3.63) is 30.0 Å². The van der Waals surface area contributed by atoms with E-state index in [-0.39, 0.29) is 23.3 Å². The molecule has 10 nitrogen and oxygen atoms in total. The Bertz CT molecular complexity index is 1180. The maximum Gasteiger partial charge on any atom is 0.229 e. The Morgan fingerprint density at radius 2 is 2.03 bits per heavy atom. The highest BCUT2D eigenvalue weighted by Gasteiger charge is 2.63. The second kappa shape index (κ2) is 9.81. The maximum atomic E-state index is 12.6. The van der Waals surface area contributed by atoms with Crippen LogP contribution in [0, 0.1) is 5.41 Å². The Hall–Kier alpha value is -3.40. The van der Waals surface area contributed by atoms with E-state index < -0.39 is 0 Å². The predicted octanol–water partition coefficient (Wildman–Crippen LogP) is 2.54. The van der Waals surface area contributed by atoms with Gasteiger partial charge in [-0.2, -0.15) is 4.98 Å². The number of hydrogen-bond acceptors (Lipinski definition) is 8. The molecular formula is C27H35N7O3. The van der Waals surface area contributed by atoms with Crippen molar-refractivity contribution in [2.24, 2.45) is 5.41 Å². The van der Waals surface area contributed by atoms with Gasteiger partial charge in [0, 0.05) is 68.2 Å². The first kappa shape index (κ1) is 24.0. The molecule has 3 heterocycles. The zero-order valence-electron chi connectivity index (χ0n) is 21.3. The van der Waals surface area contributed by atoms with Crippen LogP contribution in [0.25, 0.3) is 0 Å². The van der Waals surface area contributed by atoms with Gasteiger partial charge in [-0.1, -0.05) is 12.8 Å². The van der Waals surface area contributed by atoms with Crippen LogP contribution in [0.5, 0.6) is 5.75 Å². The van der Waals surface area contributed by atoms with E-state index in [0.29, 0.717) is 18.3 Å². The number of carbonyl (C=O) groups is 2. The lowest BCUT2D eigenvalue weighted by Crippen LogP contribution is -2.43. The Morgan fingerprint density at radius 1 is 1.22 bits per heavy atom. The van der Waals surface area contributed by atoms with E-state index in [4.69, 9.17) is 9.72 Å². The van der Waals surface area contributed by atoms with Gasteiger partial charge in [-0.05, 0) is 37.8 Å². The van der Waals surface area contributed by atoms with Crippen molar-refractivity contribution in [3.8, 4) is 5.75 Å². The van der Waals surface area contributed by atoms with Gasteiger partial charge in [-0.15, -0.1) is 0 Å². The average Bonchev–Trinajstić information content (AvgIpc) is 3.21. The lowest BCUT2D eigenvalue weighted by Gasteiger charge is -2.30. The summed E-state index contributed by atoms with van der Waals surface area (Å²) in [7, 11) is 1.68. The molecule has 6 rings (SSSR count). The van der Waals surface area contributed by atoms with Gasteiger partial charge in [0.15, 0.2) is 0 Å². The predicted molar refractivity (Wildman–Crippen MR) is 142 cm³/mol. The van der Waals surface area contributed by atoms with E-state index in [1.807, 2.05) is 18.3 Å². The molecule has 196 valence electrons. The summed E-state index contributed by atoms with van der Waals surface area (Å²) in [5.74, 6) is 2.00. The summed E-state index contributed by atoms with van der Waals surface area (Å²) in [5.41, 5.74) is 2.40. The molecule has 2 aliphatic heterocycles. The van der Waals surface area contributed by atoms with Gasteiger partial charge < -0.3 is 25.6 Å². The molecule has 2 saturated carbocycles. The minimum Gasteiger partial charge on any atom is -0.495 e. The molecule has 1 aromatic carbocycles. The minimum absolute atomic E-state index is 0.0429. The number of methoxy groups -OCH3 is 1. The number of carbonyl (C=O) groups excluding carboxylic acids is 2. The van der Waals surface area contributed by atoms with Gasteiger partial charge >= 0.3 is 0 Å². The summed E-state index contributed by atoms with van der Waals surface area (Å²) >= 11 is 0. The van der Waals surface area contributed by atoms with Crippen molar-refractivity contribution in [3.63, 3.8) is 0 Å². The smallest absolute Gasteiger partial charge is 0.229 e. The van der Waals surface area contributed by atoms with E-state index in [1.54, 1.807) is 12.0 Å². The van der Waals surface area contributed by atoms with Crippen molar-refractivity contribution in [2.75, 3.05) is 55.0 Å². The van der Waals surface area contributed by atoms with Crippen LogP contribution in [0.2, 0.25) is 0 Å². The summed E-state index contributed by atoms with van der Waals surface area (Å²) in [6, 6.07) is 6.15. The number of anilines is 4. The molecular weight excluding hydrogens is 470 g/mol. The molecule has 4 fully saturated rings. The number of amides is 2. The first-order valence-corrected chi connectivity index (χ1v) is 13.4. The van der Waals surface area contributed by atoms with Crippen LogP contribution in [0.15, 0.2) is 24.4 Å². The molecule has 2 aliphatic carbocycles. The van der Waals surface area contributed by atoms with Crippen molar-refractivity contribution < 1.29 is 14.3 Å². The number of aromatic nitrogens is 2. The first-order chi connectivity index (χ1) is 18.1. The fraction of sp³-hybridized carbons (Fsp3) is 0.556. The summed E-state index contributed by atoms with van der Waals surface area (Å²) in [5, 5.41) is 9.68. The number of piperazine rings is 1. The third-order valence-corrected chi connectivity index (χ3v) is 8.53. The highest BCUT2D eigenvalue weighted by Crippen LogP contribution is 2.64. The molecule has 10 heteroatoms. The number of hydrogen-bond donors (Lipinski definition) is 3. The summed E-state index contributed by atoms with van der Waals surface area (Å²) in [6.45, 7) is 4.46. The third kappa shape index (κ3) is 4.37. The second-order valence-corrected chi connectivity index (χ2v) is 10.6. The van der Waals surface area contributed by atoms with Gasteiger partial charge in [0.2, 0.25) is 18.3 Å². The van der Waals surface area contributed by atoms with Crippen molar-refractivity contribution in [1.29, 1.82) is 0 Å². The molecule has 2 aromatic rings. The Balaban J connectivity index is 1.30. The summed E-state index contributed by atoms with van der Waals surface area (Å²) in [4.78, 5) is 38.5. The molecule has 1 aromatic heterocycles. The quantitative estimate of drug-likeness (QED) is 0.470. The molecule has 1 spiro atoms. The van der Waals surface area contributed by atoms with Crippen molar-refractivity contribution >= 4 is 35.5 Å². The van der Waals surface area contributed by atoms with Crippen LogP contribution in [0.3, 0.4) is 0 Å². The molecule has 0 bridgehead atoms. The Labute approximate surface area is 217 Å². The van der Waals surface area contributed by atoms with E-state index in [1.165, 1.54) is 0 Å². The fourth-order valence-corrected chi connectivity index (χ4v) is 6.37. The van der Waals surface area contributed by atoms with E-state index in [0.717, 1.165) is 93.8 Å². The van der Waals surface area contributed by atoms with Crippen LogP contribution < -0.4 is 30.5 Å². The molecule has 4 aliphatic rings. The molecule has 3 N–H and O–H groups in total. The SMILES string of the molecule is COc1cc(Nc2ncc(C3C[C@@]34CCNC4=O)c(N(C=O)C3CCCC3)n2)ccc1N1CCNCC1. The molecule has 2 atom stereocenters. The van der Waals surface area contributed by atoms with Crippen LogP contribution in [-0.4, -0.2) is 68.2 Å². The van der Waals surface area contributed by atoms with Crippen LogP contribution >= 0.6 is 0 Å². The topological polar surface area (TPSA) is 112 Å². The van der Waals surface area contributed by atoms with Crippen molar-refractivity contribution in [2.45, 2.75) is 50.5 Å². The van der Waals surface area contributed by atoms with Gasteiger partial charge in [0.1, 0.15) is 11.6 Å². The normalized spacial score (nSPS) is 25.3. The molecule has 2 amide bonds. The van der Waals surface area contributed by atoms with E-state index in [9.17, 15) is 9.59 Å². The van der Waals surface area contributed by atoms with Gasteiger partial charge in [-0.25, -0.2) is 4.98 Å². The number of benzene rings is 1. The zero-order chi connectivity index (χ0) is 25.4. The largest absolute Gasteiger partial charge is 0.495 e. The van der Waals surface area contributed by atoms with Crippen LogP contribution in [0.1, 0.15) is 50.0 Å². The number of nitrogens with zero attached hydrogens (tertiary/aromatic N) is 4. The van der Waals surface area contributed by atoms with E-state index >= 15 is 0 Å². The first-order valence-electron chi connectivity index (χ1n) is 13.4. The van der Waals surface area contributed by atoms with E-state index in [2.05, 4.69) is 31.9 Å². The maximum absolute atomic E-state index is 12.6. The minimum atomic E-state index is -0.371. The number of nitrogens with one attached hydrogen (secondary N) is 3. The highest BCUT2D eigenvalue weighted by atomic mass is 16.5. The molecule has 1 unspecified atom stereocenters. The fourth-order valence-electron chi connectivity index (χ4n) is 6.37. The second-order valence-electron chi connectivity index (χ2n) is 10.6. The number of ether oxygens (including phenoxy) is 1. The lowest BCUT2D eigenvalue weighted by atomic mass is 9.98. The Morgan fingerprint density at radius 3 is 2.73 bits per heavy atom. The highest BCUT2D eigenvalue weighted by molar-refractivity contribution is 5.90. The van der Waals surface area contributed by atoms with Gasteiger partial charge in [-0.3, -0.25) is 14.5 Å². The van der Waals surface area contributed by atoms with Gasteiger partial charge in [0.25, 0.3) is 0 Å². The third-order valence-electron chi connectivity index (χ3n) is 8.53. The van der Waals surface area contributed by atoms with Crippen LogP contribution in [0.4, 0.5) is 23.1 Å². The van der Waals surface area contributed by atoms with Gasteiger partial charge in [0.05, 0.1) is 18.2 Å². The lowest BCUT2D eigenvalue weighted by molar-refractivity contribution is -0.123. The molecule has 2 saturated heterocycles. The standard InChI is InChI=1S/C27H35N7O3/c1-37-23-14-18(6-7-22(23)33-12-10-28-11-13-33)31-26-30-16-20(21-15-27(21)8-9-29-25(27)36)24(32-26)34(17-35)19-4-2-3-5-19/h6-7,14,16-17,19,21,28H,2-5,8-13,15H2,1H3,(H,29,36)(H,30,31,32)/t21?,27-/m0/s1. The number of rotatable bonds is 8. The molecule has 0 radical (unpaired) electrons. The van der Waals surface area contributed by atoms with Crippen molar-refractivity contribution in [1.82, 2.24) is 20.6 Å². The summed E-state index contributed by atoms with van der Waals surface area (Å²) < 4.78 is 5.71.